The molecule has 4 fully saturated rings. The van der Waals surface area contributed by atoms with E-state index in [1.54, 1.807) is 0 Å². The van der Waals surface area contributed by atoms with Gasteiger partial charge in [0, 0.05) is 24.1 Å². The fraction of sp³-hybridized carbons (Fsp3) is 0.806. The van der Waals surface area contributed by atoms with Crippen LogP contribution < -0.4 is 5.32 Å². The first-order valence-corrected chi connectivity index (χ1v) is 17.9. The van der Waals surface area contributed by atoms with Gasteiger partial charge >= 0.3 is 10.4 Å². The highest BCUT2D eigenvalue weighted by molar-refractivity contribution is 7.80. The lowest BCUT2D eigenvalue weighted by atomic mass is 9.44. The molecule has 1 heterocycles. The van der Waals surface area contributed by atoms with Crippen LogP contribution in [0.3, 0.4) is 0 Å². The van der Waals surface area contributed by atoms with E-state index in [9.17, 15) is 22.6 Å². The summed E-state index contributed by atoms with van der Waals surface area (Å²) in [4.78, 5) is 26.8. The minimum absolute atomic E-state index is 0.00468. The molecule has 1 amide bonds. The second-order valence-corrected chi connectivity index (χ2v) is 17.2. The van der Waals surface area contributed by atoms with E-state index in [1.165, 1.54) is 11.3 Å². The highest BCUT2D eigenvalue weighted by Crippen LogP contribution is 2.68. The molecule has 1 aromatic heterocycles. The molecule has 10 atom stereocenters. The van der Waals surface area contributed by atoms with Crippen molar-refractivity contribution in [2.24, 2.45) is 52.3 Å². The first kappa shape index (κ1) is 31.4. The van der Waals surface area contributed by atoms with E-state index in [4.69, 9.17) is 15.8 Å². The van der Waals surface area contributed by atoms with Crippen LogP contribution in [0.15, 0.2) is 12.1 Å². The third-order valence-corrected chi connectivity index (χ3v) is 13.7. The number of amides is 1. The number of nitrogens with one attached hydrogen (secondary N) is 1. The average molecular weight is 628 g/mol. The largest absolute Gasteiger partial charge is 0.397 e. The van der Waals surface area contributed by atoms with Gasteiger partial charge < -0.3 is 5.32 Å². The third kappa shape index (κ3) is 6.04. The van der Waals surface area contributed by atoms with E-state index in [2.05, 4.69) is 39.9 Å². The van der Waals surface area contributed by atoms with Crippen LogP contribution in [0, 0.1) is 52.3 Å². The number of hydrogen-bond acceptors (Lipinski definition) is 6. The van der Waals surface area contributed by atoms with Gasteiger partial charge in [0.15, 0.2) is 0 Å². The first-order valence-electron chi connectivity index (χ1n) is 15.3. The van der Waals surface area contributed by atoms with E-state index in [-0.39, 0.29) is 64.1 Å². The molecule has 230 valence electrons. The van der Waals surface area contributed by atoms with Crippen molar-refractivity contribution < 1.29 is 26.7 Å². The molecule has 1 aromatic rings. The van der Waals surface area contributed by atoms with Gasteiger partial charge in [-0.3, -0.25) is 14.1 Å². The van der Waals surface area contributed by atoms with E-state index in [0.29, 0.717) is 35.9 Å². The van der Waals surface area contributed by atoms with Gasteiger partial charge in [-0.05, 0) is 103 Å². The van der Waals surface area contributed by atoms with Crippen LogP contribution in [0.2, 0.25) is 4.34 Å². The standard InChI is InChI=1S/C31H46ClNO6S2/c1-17(2)29(25-8-9-26(32)40-25)33-27(35)14-18(3)21-6-7-22-28-23(11-13-31(21,22)5)30(4)12-10-20(34)15-19(30)16-24(28)39-41(36,37)38/h8-9,17-19,21-24,28-29H,6-7,10-16H2,1-5H3,(H,33,35)(H,36,37,38)/t18-,19+,21?,22+,23+,24-,28+,29+,30+,31-/m1/s1. The molecule has 0 bridgehead atoms. The summed E-state index contributed by atoms with van der Waals surface area (Å²) in [5.41, 5.74) is -0.0762. The maximum Gasteiger partial charge on any atom is 0.397 e. The van der Waals surface area contributed by atoms with Crippen molar-refractivity contribution in [3.8, 4) is 0 Å². The highest BCUT2D eigenvalue weighted by Gasteiger charge is 2.64. The summed E-state index contributed by atoms with van der Waals surface area (Å²) in [6, 6.07) is 3.79. The zero-order valence-electron chi connectivity index (χ0n) is 24.9. The summed E-state index contributed by atoms with van der Waals surface area (Å²) < 4.78 is 39.9. The maximum absolute atomic E-state index is 13.4. The summed E-state index contributed by atoms with van der Waals surface area (Å²) in [6.07, 6.45) is 6.13. The Kier molecular flexibility index (Phi) is 8.81. The van der Waals surface area contributed by atoms with Crippen molar-refractivity contribution in [3.63, 3.8) is 0 Å². The lowest BCUT2D eigenvalue weighted by Crippen LogP contribution is -2.59. The molecule has 2 N–H and O–H groups in total. The third-order valence-electron chi connectivity index (χ3n) is 11.9. The van der Waals surface area contributed by atoms with Crippen molar-refractivity contribution in [1.29, 1.82) is 0 Å². The number of halogens is 1. The SMILES string of the molecule is CC(C)[C@H](NC(=O)C[C@@H](C)C1CC[C@H]2[C@@H]3[C@H](OS(=O)(=O)O)C[C@@H]4CC(=O)CC[C@]4(C)[C@H]3CC[C@]12C)c1ccc(Cl)s1. The lowest BCUT2D eigenvalue weighted by molar-refractivity contribution is -0.164. The predicted octanol–water partition coefficient (Wildman–Crippen LogP) is 7.27. The highest BCUT2D eigenvalue weighted by atomic mass is 35.5. The van der Waals surface area contributed by atoms with Crippen LogP contribution in [0.25, 0.3) is 0 Å². The molecular weight excluding hydrogens is 582 g/mol. The Bertz CT molecular complexity index is 1260. The van der Waals surface area contributed by atoms with Crippen LogP contribution in [0.1, 0.15) is 103 Å². The van der Waals surface area contributed by atoms with Crippen LogP contribution in [-0.2, 0) is 24.2 Å². The summed E-state index contributed by atoms with van der Waals surface area (Å²) in [6.45, 7) is 11.0. The number of ketones is 1. The van der Waals surface area contributed by atoms with Gasteiger partial charge in [0.1, 0.15) is 5.78 Å². The molecule has 41 heavy (non-hydrogen) atoms. The minimum atomic E-state index is -4.63. The quantitative estimate of drug-likeness (QED) is 0.293. The summed E-state index contributed by atoms with van der Waals surface area (Å²) in [5.74, 6) is 1.61. The molecule has 1 unspecified atom stereocenters. The van der Waals surface area contributed by atoms with E-state index >= 15 is 0 Å². The minimum Gasteiger partial charge on any atom is -0.348 e. The Morgan fingerprint density at radius 2 is 1.85 bits per heavy atom. The topological polar surface area (TPSA) is 110 Å². The average Bonchev–Trinajstić information content (AvgIpc) is 3.45. The van der Waals surface area contributed by atoms with Crippen LogP contribution in [0.4, 0.5) is 0 Å². The predicted molar refractivity (Wildman–Crippen MR) is 161 cm³/mol. The Morgan fingerprint density at radius 1 is 1.15 bits per heavy atom. The van der Waals surface area contributed by atoms with E-state index in [1.807, 2.05) is 12.1 Å². The molecule has 0 aromatic carbocycles. The van der Waals surface area contributed by atoms with E-state index in [0.717, 1.165) is 37.0 Å². The maximum atomic E-state index is 13.4. The second kappa shape index (κ2) is 11.5. The molecule has 4 saturated carbocycles. The Balaban J connectivity index is 1.34. The van der Waals surface area contributed by atoms with Crippen LogP contribution in [0.5, 0.6) is 0 Å². The Labute approximate surface area is 254 Å². The molecule has 4 aliphatic rings. The number of fused-ring (bicyclic) bond motifs is 5. The van der Waals surface area contributed by atoms with Crippen molar-refractivity contribution in [2.75, 3.05) is 0 Å². The van der Waals surface area contributed by atoms with Crippen molar-refractivity contribution in [3.05, 3.63) is 21.3 Å². The van der Waals surface area contributed by atoms with Crippen molar-refractivity contribution >= 4 is 45.0 Å². The second-order valence-electron chi connectivity index (χ2n) is 14.4. The van der Waals surface area contributed by atoms with Crippen molar-refractivity contribution in [1.82, 2.24) is 5.32 Å². The molecule has 0 radical (unpaired) electrons. The molecule has 4 aliphatic carbocycles. The molecule has 0 saturated heterocycles. The number of rotatable bonds is 8. The lowest BCUT2D eigenvalue weighted by Gasteiger charge is -2.62. The Morgan fingerprint density at radius 3 is 2.49 bits per heavy atom. The smallest absolute Gasteiger partial charge is 0.348 e. The molecule has 5 rings (SSSR count). The molecular formula is C31H46ClNO6S2. The fourth-order valence-corrected chi connectivity index (χ4v) is 11.8. The van der Waals surface area contributed by atoms with Gasteiger partial charge in [0.05, 0.1) is 16.5 Å². The molecule has 7 nitrogen and oxygen atoms in total. The summed E-state index contributed by atoms with van der Waals surface area (Å²) in [7, 11) is -4.63. The number of hydrogen-bond donors (Lipinski definition) is 2. The van der Waals surface area contributed by atoms with Gasteiger partial charge in [0.25, 0.3) is 0 Å². The normalized spacial score (nSPS) is 38.6. The number of Topliss-reactive ketones (excluding diaryl/α,β-unsaturated/α-hetero) is 1. The van der Waals surface area contributed by atoms with Crippen molar-refractivity contribution in [2.45, 2.75) is 105 Å². The Hall–Kier alpha value is -1.000. The van der Waals surface area contributed by atoms with Crippen LogP contribution >= 0.6 is 22.9 Å². The number of carbonyl (C=O) groups excluding carboxylic acids is 2. The monoisotopic (exact) mass is 627 g/mol. The number of carbonyl (C=O) groups is 2. The fourth-order valence-electron chi connectivity index (χ4n) is 9.95. The van der Waals surface area contributed by atoms with E-state index < -0.39 is 16.5 Å². The molecule has 0 aliphatic heterocycles. The van der Waals surface area contributed by atoms with Gasteiger partial charge in [-0.25, -0.2) is 4.18 Å². The number of thiophene rings is 1. The van der Waals surface area contributed by atoms with Gasteiger partial charge in [0.2, 0.25) is 5.91 Å². The zero-order chi connectivity index (χ0) is 29.9. The molecule has 10 heteroatoms. The summed E-state index contributed by atoms with van der Waals surface area (Å²) >= 11 is 7.68. The first-order chi connectivity index (χ1) is 19.1. The van der Waals surface area contributed by atoms with Gasteiger partial charge in [-0.2, -0.15) is 8.42 Å². The zero-order valence-corrected chi connectivity index (χ0v) is 27.3. The van der Waals surface area contributed by atoms with Gasteiger partial charge in [-0.15, -0.1) is 11.3 Å². The van der Waals surface area contributed by atoms with Gasteiger partial charge in [-0.1, -0.05) is 46.2 Å². The summed E-state index contributed by atoms with van der Waals surface area (Å²) in [5, 5.41) is 3.27. The molecule has 0 spiro atoms. The van der Waals surface area contributed by atoms with Crippen LogP contribution in [-0.4, -0.2) is 30.8 Å².